The van der Waals surface area contributed by atoms with Crippen LogP contribution in [0.25, 0.3) is 10.2 Å². The molecule has 1 unspecified atom stereocenters. The zero-order valence-electron chi connectivity index (χ0n) is 18.4. The van der Waals surface area contributed by atoms with Crippen LogP contribution in [-0.2, 0) is 24.7 Å². The predicted octanol–water partition coefficient (Wildman–Crippen LogP) is 4.44. The van der Waals surface area contributed by atoms with Crippen LogP contribution in [0.5, 0.6) is 0 Å². The summed E-state index contributed by atoms with van der Waals surface area (Å²) in [5, 5.41) is 4.69. The van der Waals surface area contributed by atoms with Gasteiger partial charge in [0, 0.05) is 17.5 Å². The fourth-order valence-electron chi connectivity index (χ4n) is 7.21. The molecule has 5 aliphatic rings. The Morgan fingerprint density at radius 1 is 1.16 bits per heavy atom. The lowest BCUT2D eigenvalue weighted by Gasteiger charge is -2.57. The number of carbonyl (C=O) groups is 1. The number of fused-ring (bicyclic) bond motifs is 3. The molecule has 0 saturated heterocycles. The summed E-state index contributed by atoms with van der Waals surface area (Å²) in [6.07, 6.45) is 12.0. The van der Waals surface area contributed by atoms with Crippen molar-refractivity contribution in [3.8, 4) is 0 Å². The molecule has 7 rings (SSSR count). The van der Waals surface area contributed by atoms with E-state index in [9.17, 15) is 9.59 Å². The molecule has 2 aromatic heterocycles. The van der Waals surface area contributed by atoms with Gasteiger partial charge in [0.15, 0.2) is 5.16 Å². The Labute approximate surface area is 191 Å². The molecule has 2 aromatic rings. The molecule has 1 N–H and O–H groups in total. The first-order chi connectivity index (χ1) is 14.9. The van der Waals surface area contributed by atoms with Crippen LogP contribution in [-0.4, -0.2) is 26.2 Å². The van der Waals surface area contributed by atoms with Gasteiger partial charge in [-0.05, 0) is 94.4 Å². The fraction of sp³-hybridized carbons (Fsp3) is 0.708. The summed E-state index contributed by atoms with van der Waals surface area (Å²) in [4.78, 5) is 33.4. The van der Waals surface area contributed by atoms with Gasteiger partial charge >= 0.3 is 0 Å². The zero-order valence-corrected chi connectivity index (χ0v) is 20.0. The molecule has 1 atom stereocenters. The molecule has 166 valence electrons. The lowest BCUT2D eigenvalue weighted by molar-refractivity contribution is -0.126. The summed E-state index contributed by atoms with van der Waals surface area (Å²) in [5.74, 6) is 2.53. The van der Waals surface area contributed by atoms with Crippen molar-refractivity contribution in [2.75, 3.05) is 0 Å². The Morgan fingerprint density at radius 2 is 1.81 bits per heavy atom. The topological polar surface area (TPSA) is 64.0 Å². The highest BCUT2D eigenvalue weighted by Gasteiger charge is 2.51. The van der Waals surface area contributed by atoms with Gasteiger partial charge in [-0.15, -0.1) is 11.3 Å². The van der Waals surface area contributed by atoms with Gasteiger partial charge in [-0.2, -0.15) is 0 Å². The first-order valence-corrected chi connectivity index (χ1v) is 13.6. The fourth-order valence-corrected chi connectivity index (χ4v) is 9.39. The standard InChI is InChI=1S/C24H31N3O2S2/c1-13(20(28)26-24-10-14-7-15(11-24)9-16(8-14)12-24)30-23-25-21-19(22(29)27(23)2)17-5-3-4-6-18(17)31-21/h13-16H,3-12H2,1-2H3,(H,26,28). The van der Waals surface area contributed by atoms with Crippen molar-refractivity contribution < 1.29 is 4.79 Å². The quantitative estimate of drug-likeness (QED) is 0.545. The minimum absolute atomic E-state index is 0.0245. The van der Waals surface area contributed by atoms with E-state index in [1.54, 1.807) is 23.0 Å². The Kier molecular flexibility index (Phi) is 4.80. The minimum atomic E-state index is -0.266. The second-order valence-corrected chi connectivity index (χ2v) is 13.0. The van der Waals surface area contributed by atoms with Crippen molar-refractivity contribution in [2.45, 2.75) is 87.1 Å². The molecule has 4 fully saturated rings. The van der Waals surface area contributed by atoms with Crippen LogP contribution in [0.3, 0.4) is 0 Å². The third kappa shape index (κ3) is 3.38. The Bertz CT molecular complexity index is 1080. The van der Waals surface area contributed by atoms with E-state index in [1.807, 2.05) is 6.92 Å². The van der Waals surface area contributed by atoms with Crippen LogP contribution >= 0.6 is 23.1 Å². The lowest BCUT2D eigenvalue weighted by Crippen LogP contribution is -2.60. The van der Waals surface area contributed by atoms with Crippen molar-refractivity contribution in [3.63, 3.8) is 0 Å². The van der Waals surface area contributed by atoms with Crippen LogP contribution in [0.4, 0.5) is 0 Å². The van der Waals surface area contributed by atoms with Crippen LogP contribution in [0, 0.1) is 17.8 Å². The number of thiophene rings is 1. The van der Waals surface area contributed by atoms with Gasteiger partial charge in [-0.25, -0.2) is 4.98 Å². The molecule has 0 radical (unpaired) electrons. The Hall–Kier alpha value is -1.34. The van der Waals surface area contributed by atoms with Crippen LogP contribution in [0.15, 0.2) is 9.95 Å². The molecule has 0 spiro atoms. The van der Waals surface area contributed by atoms with Crippen molar-refractivity contribution >= 4 is 39.2 Å². The number of hydrogen-bond donors (Lipinski definition) is 1. The van der Waals surface area contributed by atoms with E-state index in [1.165, 1.54) is 47.9 Å². The highest BCUT2D eigenvalue weighted by molar-refractivity contribution is 8.00. The van der Waals surface area contributed by atoms with Gasteiger partial charge in [0.2, 0.25) is 5.91 Å². The molecule has 7 heteroatoms. The number of hydrogen-bond acceptors (Lipinski definition) is 5. The number of aromatic nitrogens is 2. The SMILES string of the molecule is CC(Sc1nc2sc3c(c2c(=O)n1C)CCCC3)C(=O)NC12CC3CC(CC(C3)C1)C2. The number of nitrogens with zero attached hydrogens (tertiary/aromatic N) is 2. The highest BCUT2D eigenvalue weighted by Crippen LogP contribution is 2.55. The molecular weight excluding hydrogens is 426 g/mol. The van der Waals surface area contributed by atoms with Crippen molar-refractivity contribution in [3.05, 3.63) is 20.8 Å². The van der Waals surface area contributed by atoms with Gasteiger partial charge in [-0.1, -0.05) is 11.8 Å². The maximum absolute atomic E-state index is 13.2. The van der Waals surface area contributed by atoms with Crippen molar-refractivity contribution in [2.24, 2.45) is 24.8 Å². The van der Waals surface area contributed by atoms with Gasteiger partial charge in [0.1, 0.15) is 4.83 Å². The minimum Gasteiger partial charge on any atom is -0.350 e. The number of nitrogens with one attached hydrogen (secondary N) is 1. The number of thioether (sulfide) groups is 1. The number of aryl methyl sites for hydroxylation is 2. The molecule has 4 bridgehead atoms. The van der Waals surface area contributed by atoms with Crippen LogP contribution in [0.1, 0.15) is 68.7 Å². The summed E-state index contributed by atoms with van der Waals surface area (Å²) in [6, 6.07) is 0. The van der Waals surface area contributed by atoms with Crippen LogP contribution < -0.4 is 10.9 Å². The average Bonchev–Trinajstić information content (AvgIpc) is 3.08. The molecule has 1 amide bonds. The van der Waals surface area contributed by atoms with E-state index < -0.39 is 0 Å². The molecule has 5 aliphatic carbocycles. The smallest absolute Gasteiger partial charge is 0.262 e. The Balaban J connectivity index is 1.23. The normalized spacial score (nSPS) is 32.3. The monoisotopic (exact) mass is 457 g/mol. The van der Waals surface area contributed by atoms with Gasteiger partial charge in [0.25, 0.3) is 5.56 Å². The lowest BCUT2D eigenvalue weighted by atomic mass is 9.53. The molecule has 0 aromatic carbocycles. The highest BCUT2D eigenvalue weighted by atomic mass is 32.2. The molecule has 2 heterocycles. The summed E-state index contributed by atoms with van der Waals surface area (Å²) in [5.41, 5.74) is 1.29. The summed E-state index contributed by atoms with van der Waals surface area (Å²) >= 11 is 3.11. The van der Waals surface area contributed by atoms with Crippen LogP contribution in [0.2, 0.25) is 0 Å². The summed E-state index contributed by atoms with van der Waals surface area (Å²) in [7, 11) is 1.80. The number of carbonyl (C=O) groups excluding carboxylic acids is 1. The largest absolute Gasteiger partial charge is 0.350 e. The molecule has 31 heavy (non-hydrogen) atoms. The first kappa shape index (κ1) is 20.3. The van der Waals surface area contributed by atoms with E-state index in [2.05, 4.69) is 5.32 Å². The van der Waals surface area contributed by atoms with Gasteiger partial charge in [0.05, 0.1) is 10.6 Å². The predicted molar refractivity (Wildman–Crippen MR) is 126 cm³/mol. The van der Waals surface area contributed by atoms with Gasteiger partial charge < -0.3 is 5.32 Å². The van der Waals surface area contributed by atoms with E-state index in [-0.39, 0.29) is 22.3 Å². The maximum atomic E-state index is 13.2. The third-order valence-corrected chi connectivity index (χ3v) is 10.6. The molecule has 5 nitrogen and oxygen atoms in total. The summed E-state index contributed by atoms with van der Waals surface area (Å²) < 4.78 is 1.66. The molecule has 0 aliphatic heterocycles. The average molecular weight is 458 g/mol. The molecule has 4 saturated carbocycles. The summed E-state index contributed by atoms with van der Waals surface area (Å²) in [6.45, 7) is 1.95. The molecular formula is C24H31N3O2S2. The second kappa shape index (κ2) is 7.34. The zero-order chi connectivity index (χ0) is 21.3. The van der Waals surface area contributed by atoms with Crippen molar-refractivity contribution in [1.29, 1.82) is 0 Å². The second-order valence-electron chi connectivity index (χ2n) is 10.6. The Morgan fingerprint density at radius 3 is 2.48 bits per heavy atom. The third-order valence-electron chi connectivity index (χ3n) is 8.23. The first-order valence-electron chi connectivity index (χ1n) is 11.9. The van der Waals surface area contributed by atoms with E-state index in [0.29, 0.717) is 5.16 Å². The number of rotatable bonds is 4. The van der Waals surface area contributed by atoms with E-state index in [0.717, 1.165) is 66.5 Å². The number of amides is 1. The van der Waals surface area contributed by atoms with Gasteiger partial charge in [-0.3, -0.25) is 14.2 Å². The maximum Gasteiger partial charge on any atom is 0.262 e. The van der Waals surface area contributed by atoms with E-state index >= 15 is 0 Å². The van der Waals surface area contributed by atoms with Crippen molar-refractivity contribution in [1.82, 2.24) is 14.9 Å². The van der Waals surface area contributed by atoms with E-state index in [4.69, 9.17) is 4.98 Å².